The molecule has 0 bridgehead atoms. The SMILES string of the molecule is CCCCCCCNC(=O)N(C)c1cccc(-c2ccc(CC(OCC)C(=O)N3C(=O)OCC3Cc3ccccc3)cc2)c1. The second-order valence-corrected chi connectivity index (χ2v) is 11.2. The summed E-state index contributed by atoms with van der Waals surface area (Å²) in [6, 6.07) is 25.1. The van der Waals surface area contributed by atoms with Crippen molar-refractivity contribution in [3.8, 4) is 11.1 Å². The van der Waals surface area contributed by atoms with Gasteiger partial charge < -0.3 is 14.8 Å². The molecule has 1 fully saturated rings. The molecule has 1 aliphatic heterocycles. The Balaban J connectivity index is 1.38. The van der Waals surface area contributed by atoms with E-state index in [9.17, 15) is 14.4 Å². The Morgan fingerprint density at radius 3 is 2.41 bits per heavy atom. The van der Waals surface area contributed by atoms with Gasteiger partial charge in [0.25, 0.3) is 5.91 Å². The van der Waals surface area contributed by atoms with Crippen LogP contribution in [0, 0.1) is 0 Å². The molecule has 0 spiro atoms. The number of imide groups is 1. The van der Waals surface area contributed by atoms with Crippen LogP contribution in [0.15, 0.2) is 78.9 Å². The molecule has 3 aromatic carbocycles. The fraction of sp³-hybridized carbons (Fsp3) is 0.417. The number of urea groups is 1. The highest BCUT2D eigenvalue weighted by atomic mass is 16.6. The molecule has 3 aromatic rings. The third-order valence-electron chi connectivity index (χ3n) is 7.96. The lowest BCUT2D eigenvalue weighted by atomic mass is 10.00. The third-order valence-corrected chi connectivity index (χ3v) is 7.96. The van der Waals surface area contributed by atoms with Crippen molar-refractivity contribution in [1.82, 2.24) is 10.2 Å². The molecule has 2 atom stereocenters. The number of carbonyl (C=O) groups excluding carboxylic acids is 3. The number of hydrogen-bond donors (Lipinski definition) is 1. The van der Waals surface area contributed by atoms with Crippen molar-refractivity contribution >= 4 is 23.7 Å². The predicted octanol–water partition coefficient (Wildman–Crippen LogP) is 7.01. The summed E-state index contributed by atoms with van der Waals surface area (Å²) in [7, 11) is 1.78. The molecule has 1 heterocycles. The summed E-state index contributed by atoms with van der Waals surface area (Å²) < 4.78 is 11.1. The quantitative estimate of drug-likeness (QED) is 0.190. The van der Waals surface area contributed by atoms with Gasteiger partial charge in [0.05, 0.1) is 6.04 Å². The van der Waals surface area contributed by atoms with E-state index in [1.54, 1.807) is 11.9 Å². The van der Waals surface area contributed by atoms with Crippen LogP contribution >= 0.6 is 0 Å². The van der Waals surface area contributed by atoms with Crippen molar-refractivity contribution in [1.29, 1.82) is 0 Å². The highest BCUT2D eigenvalue weighted by Gasteiger charge is 2.41. The second-order valence-electron chi connectivity index (χ2n) is 11.2. The standard InChI is InChI=1S/C36H45N3O5/c1-4-6-7-8-12-22-37-35(41)38(3)31-17-13-16-30(25-31)29-20-18-28(19-21-29)24-33(43-5-2)34(40)39-32(26-44-36(39)42)23-27-14-10-9-11-15-27/h9-11,13-21,25,32-33H,4-8,12,22-24,26H2,1-3H3,(H,37,41). The highest BCUT2D eigenvalue weighted by Crippen LogP contribution is 2.26. The molecule has 4 rings (SSSR count). The fourth-order valence-corrected chi connectivity index (χ4v) is 5.44. The number of anilines is 1. The zero-order chi connectivity index (χ0) is 31.3. The molecule has 0 aliphatic carbocycles. The predicted molar refractivity (Wildman–Crippen MR) is 174 cm³/mol. The molecule has 4 amide bonds. The first-order valence-corrected chi connectivity index (χ1v) is 15.8. The van der Waals surface area contributed by atoms with Crippen LogP contribution in [0.1, 0.15) is 57.1 Å². The molecule has 1 aliphatic rings. The second kappa shape index (κ2) is 16.6. The van der Waals surface area contributed by atoms with Gasteiger partial charge in [0, 0.05) is 32.3 Å². The molecular formula is C36H45N3O5. The first-order valence-electron chi connectivity index (χ1n) is 15.8. The summed E-state index contributed by atoms with van der Waals surface area (Å²) >= 11 is 0. The lowest BCUT2D eigenvalue weighted by Crippen LogP contribution is -2.47. The Morgan fingerprint density at radius 1 is 0.932 bits per heavy atom. The van der Waals surface area contributed by atoms with Crippen LogP contribution in [-0.2, 0) is 27.1 Å². The van der Waals surface area contributed by atoms with Crippen LogP contribution in [0.2, 0.25) is 0 Å². The van der Waals surface area contributed by atoms with Gasteiger partial charge in [-0.1, -0.05) is 99.3 Å². The third kappa shape index (κ3) is 8.92. The van der Waals surface area contributed by atoms with Gasteiger partial charge in [-0.05, 0) is 54.2 Å². The van der Waals surface area contributed by atoms with Gasteiger partial charge >= 0.3 is 12.1 Å². The zero-order valence-electron chi connectivity index (χ0n) is 26.2. The number of nitrogens with one attached hydrogen (secondary N) is 1. The van der Waals surface area contributed by atoms with Gasteiger partial charge in [-0.2, -0.15) is 0 Å². The van der Waals surface area contributed by atoms with Gasteiger partial charge in [0.1, 0.15) is 12.7 Å². The zero-order valence-corrected chi connectivity index (χ0v) is 26.2. The smallest absolute Gasteiger partial charge is 0.417 e. The number of nitrogens with zero attached hydrogens (tertiary/aromatic N) is 2. The van der Waals surface area contributed by atoms with Crippen LogP contribution in [0.3, 0.4) is 0 Å². The molecule has 1 N–H and O–H groups in total. The first-order chi connectivity index (χ1) is 21.4. The average Bonchev–Trinajstić information content (AvgIpc) is 3.41. The summed E-state index contributed by atoms with van der Waals surface area (Å²) in [4.78, 5) is 41.7. The van der Waals surface area contributed by atoms with Crippen molar-refractivity contribution in [3.05, 3.63) is 90.0 Å². The van der Waals surface area contributed by atoms with E-state index in [0.717, 1.165) is 40.8 Å². The fourth-order valence-electron chi connectivity index (χ4n) is 5.44. The summed E-state index contributed by atoms with van der Waals surface area (Å²) in [5.74, 6) is -0.380. The van der Waals surface area contributed by atoms with Crippen molar-refractivity contribution in [3.63, 3.8) is 0 Å². The van der Waals surface area contributed by atoms with Crippen molar-refractivity contribution < 1.29 is 23.9 Å². The van der Waals surface area contributed by atoms with Crippen molar-refractivity contribution in [2.45, 2.75) is 70.9 Å². The normalized spacial score (nSPS) is 15.1. The van der Waals surface area contributed by atoms with Gasteiger partial charge in [-0.25, -0.2) is 14.5 Å². The van der Waals surface area contributed by atoms with E-state index in [0.29, 0.717) is 26.0 Å². The molecule has 1 saturated heterocycles. The number of unbranched alkanes of at least 4 members (excludes halogenated alkanes) is 4. The Bertz CT molecular complexity index is 1360. The molecule has 44 heavy (non-hydrogen) atoms. The van der Waals surface area contributed by atoms with Gasteiger partial charge in [0.15, 0.2) is 0 Å². The molecule has 2 unspecified atom stereocenters. The number of ether oxygens (including phenoxy) is 2. The Morgan fingerprint density at radius 2 is 1.68 bits per heavy atom. The molecule has 8 nitrogen and oxygen atoms in total. The number of cyclic esters (lactones) is 1. The summed E-state index contributed by atoms with van der Waals surface area (Å²) in [6.07, 6.45) is 5.18. The molecule has 8 heteroatoms. The maximum Gasteiger partial charge on any atom is 0.417 e. The summed E-state index contributed by atoms with van der Waals surface area (Å²) in [5, 5.41) is 3.01. The van der Waals surface area contributed by atoms with Crippen LogP contribution in [0.4, 0.5) is 15.3 Å². The van der Waals surface area contributed by atoms with Crippen LogP contribution in [-0.4, -0.2) is 61.9 Å². The maximum absolute atomic E-state index is 13.6. The first kappa shape index (κ1) is 32.7. The van der Waals surface area contributed by atoms with E-state index < -0.39 is 12.2 Å². The Kier molecular flexibility index (Phi) is 12.4. The number of rotatable bonds is 15. The van der Waals surface area contributed by atoms with Crippen molar-refractivity contribution in [2.24, 2.45) is 0 Å². The average molecular weight is 600 g/mol. The Labute approximate surface area is 261 Å². The lowest BCUT2D eigenvalue weighted by Gasteiger charge is -2.25. The van der Waals surface area contributed by atoms with Crippen LogP contribution in [0.5, 0.6) is 0 Å². The van der Waals surface area contributed by atoms with E-state index in [-0.39, 0.29) is 24.6 Å². The minimum atomic E-state index is -0.808. The minimum absolute atomic E-state index is 0.118. The summed E-state index contributed by atoms with van der Waals surface area (Å²) in [5.41, 5.74) is 4.73. The summed E-state index contributed by atoms with van der Waals surface area (Å²) in [6.45, 7) is 5.21. The van der Waals surface area contributed by atoms with E-state index in [2.05, 4.69) is 12.2 Å². The van der Waals surface area contributed by atoms with E-state index >= 15 is 0 Å². The topological polar surface area (TPSA) is 88.2 Å². The van der Waals surface area contributed by atoms with Gasteiger partial charge in [-0.3, -0.25) is 9.69 Å². The molecular weight excluding hydrogens is 554 g/mol. The minimum Gasteiger partial charge on any atom is -0.447 e. The van der Waals surface area contributed by atoms with E-state index in [1.165, 1.54) is 24.2 Å². The molecule has 0 radical (unpaired) electrons. The Hall–Kier alpha value is -4.17. The molecule has 0 saturated carbocycles. The van der Waals surface area contributed by atoms with Gasteiger partial charge in [0.2, 0.25) is 0 Å². The largest absolute Gasteiger partial charge is 0.447 e. The number of amides is 4. The number of benzene rings is 3. The maximum atomic E-state index is 13.6. The molecule has 0 aromatic heterocycles. The van der Waals surface area contributed by atoms with Crippen molar-refractivity contribution in [2.75, 3.05) is 31.7 Å². The molecule has 234 valence electrons. The lowest BCUT2D eigenvalue weighted by molar-refractivity contribution is -0.141. The highest BCUT2D eigenvalue weighted by molar-refractivity contribution is 5.96. The number of carbonyl (C=O) groups is 3. The van der Waals surface area contributed by atoms with Gasteiger partial charge in [-0.15, -0.1) is 0 Å². The van der Waals surface area contributed by atoms with E-state index in [1.807, 2.05) is 85.8 Å². The van der Waals surface area contributed by atoms with Crippen LogP contribution in [0.25, 0.3) is 11.1 Å². The number of hydrogen-bond acceptors (Lipinski definition) is 5. The van der Waals surface area contributed by atoms with Crippen LogP contribution < -0.4 is 10.2 Å². The van der Waals surface area contributed by atoms with E-state index in [4.69, 9.17) is 9.47 Å². The monoisotopic (exact) mass is 599 g/mol.